The number of carboxylic acid groups (broad SMARTS) is 1. The number of hydrogen-bond acceptors (Lipinski definition) is 2. The molecule has 110 valence electrons. The molecule has 2 unspecified atom stereocenters. The van der Waals surface area contributed by atoms with Crippen LogP contribution < -0.4 is 5.32 Å². The van der Waals surface area contributed by atoms with Crippen LogP contribution in [-0.2, 0) is 9.59 Å². The molecule has 1 aliphatic carbocycles. The van der Waals surface area contributed by atoms with Gasteiger partial charge in [0.1, 0.15) is 0 Å². The van der Waals surface area contributed by atoms with Crippen LogP contribution in [0.5, 0.6) is 0 Å². The summed E-state index contributed by atoms with van der Waals surface area (Å²) in [4.78, 5) is 22.7. The molecule has 0 aromatic rings. The van der Waals surface area contributed by atoms with E-state index in [1.54, 1.807) is 13.8 Å². The summed E-state index contributed by atoms with van der Waals surface area (Å²) in [7, 11) is 0. The molecule has 0 radical (unpaired) electrons. The van der Waals surface area contributed by atoms with E-state index in [1.165, 1.54) is 12.8 Å². The summed E-state index contributed by atoms with van der Waals surface area (Å²) in [6, 6.07) is -0.315. The zero-order chi connectivity index (χ0) is 14.6. The predicted octanol–water partition coefficient (Wildman–Crippen LogP) is 2.82. The van der Waals surface area contributed by atoms with Crippen molar-refractivity contribution in [3.8, 4) is 0 Å². The Bertz CT molecular complexity index is 328. The Morgan fingerprint density at radius 3 is 2.26 bits per heavy atom. The van der Waals surface area contributed by atoms with Crippen LogP contribution in [0.25, 0.3) is 0 Å². The molecule has 2 atom stereocenters. The van der Waals surface area contributed by atoms with Crippen molar-refractivity contribution < 1.29 is 14.7 Å². The van der Waals surface area contributed by atoms with Crippen molar-refractivity contribution in [2.45, 2.75) is 65.8 Å². The quantitative estimate of drug-likeness (QED) is 0.806. The highest BCUT2D eigenvalue weighted by atomic mass is 16.4. The van der Waals surface area contributed by atoms with Crippen LogP contribution >= 0.6 is 0 Å². The maximum Gasteiger partial charge on any atom is 0.308 e. The van der Waals surface area contributed by atoms with Gasteiger partial charge in [-0.25, -0.2) is 0 Å². The molecule has 2 N–H and O–H groups in total. The predicted molar refractivity (Wildman–Crippen MR) is 74.8 cm³/mol. The third kappa shape index (κ3) is 5.21. The van der Waals surface area contributed by atoms with Crippen LogP contribution in [0.1, 0.15) is 59.8 Å². The van der Waals surface area contributed by atoms with Gasteiger partial charge in [0.15, 0.2) is 0 Å². The van der Waals surface area contributed by atoms with E-state index < -0.39 is 11.9 Å². The third-order valence-electron chi connectivity index (χ3n) is 4.46. The highest BCUT2D eigenvalue weighted by molar-refractivity contribution is 5.78. The van der Waals surface area contributed by atoms with Gasteiger partial charge < -0.3 is 10.4 Å². The lowest BCUT2D eigenvalue weighted by Crippen LogP contribution is -2.41. The summed E-state index contributed by atoms with van der Waals surface area (Å²) in [6.45, 7) is 7.93. The first-order valence-corrected chi connectivity index (χ1v) is 7.23. The zero-order valence-electron chi connectivity index (χ0n) is 12.5. The van der Waals surface area contributed by atoms with Crippen LogP contribution in [0.4, 0.5) is 0 Å². The molecule has 0 aromatic carbocycles. The number of hydrogen-bond donors (Lipinski definition) is 2. The highest BCUT2D eigenvalue weighted by Gasteiger charge is 2.28. The van der Waals surface area contributed by atoms with Gasteiger partial charge in [0.05, 0.1) is 5.92 Å². The Hall–Kier alpha value is -1.06. The number of carbonyl (C=O) groups is 2. The minimum atomic E-state index is -0.868. The standard InChI is InChI=1S/C15H27NO3/c1-10(14(18)19)11(2)16-13(17)9-12-5-7-15(3,4)8-6-12/h10-12H,5-9H2,1-4H3,(H,16,17)(H,18,19). The SMILES string of the molecule is CC(NC(=O)CC1CCC(C)(C)CC1)C(C)C(=O)O. The zero-order valence-corrected chi connectivity index (χ0v) is 12.5. The molecular weight excluding hydrogens is 242 g/mol. The van der Waals surface area contributed by atoms with E-state index >= 15 is 0 Å². The molecule has 1 amide bonds. The largest absolute Gasteiger partial charge is 0.481 e. The second kappa shape index (κ2) is 6.40. The normalized spacial score (nSPS) is 22.5. The van der Waals surface area contributed by atoms with Crippen molar-refractivity contribution in [2.75, 3.05) is 0 Å². The van der Waals surface area contributed by atoms with Crippen molar-refractivity contribution in [3.05, 3.63) is 0 Å². The number of aliphatic carboxylic acids is 1. The van der Waals surface area contributed by atoms with E-state index in [4.69, 9.17) is 5.11 Å². The van der Waals surface area contributed by atoms with Gasteiger partial charge in [-0.05, 0) is 50.9 Å². The summed E-state index contributed by atoms with van der Waals surface area (Å²) in [5.74, 6) is -0.966. The number of amides is 1. The van der Waals surface area contributed by atoms with Crippen LogP contribution in [-0.4, -0.2) is 23.0 Å². The smallest absolute Gasteiger partial charge is 0.308 e. The van der Waals surface area contributed by atoms with Gasteiger partial charge in [-0.15, -0.1) is 0 Å². The average molecular weight is 269 g/mol. The van der Waals surface area contributed by atoms with E-state index in [0.717, 1.165) is 12.8 Å². The molecule has 0 aliphatic heterocycles. The molecule has 1 aliphatic rings. The monoisotopic (exact) mass is 269 g/mol. The lowest BCUT2D eigenvalue weighted by atomic mass is 9.72. The first-order valence-electron chi connectivity index (χ1n) is 7.23. The van der Waals surface area contributed by atoms with Gasteiger partial charge in [0.25, 0.3) is 0 Å². The van der Waals surface area contributed by atoms with E-state index in [2.05, 4.69) is 19.2 Å². The molecular formula is C15H27NO3. The molecule has 1 saturated carbocycles. The number of nitrogens with one attached hydrogen (secondary N) is 1. The fraction of sp³-hybridized carbons (Fsp3) is 0.867. The first-order chi connectivity index (χ1) is 8.71. The summed E-state index contributed by atoms with van der Waals surface area (Å²) in [6.07, 6.45) is 5.08. The minimum Gasteiger partial charge on any atom is -0.481 e. The van der Waals surface area contributed by atoms with Crippen molar-refractivity contribution in [1.29, 1.82) is 0 Å². The van der Waals surface area contributed by atoms with E-state index in [0.29, 0.717) is 17.8 Å². The van der Waals surface area contributed by atoms with E-state index in [1.807, 2.05) is 0 Å². The van der Waals surface area contributed by atoms with Crippen LogP contribution in [0.3, 0.4) is 0 Å². The van der Waals surface area contributed by atoms with Gasteiger partial charge in [-0.2, -0.15) is 0 Å². The van der Waals surface area contributed by atoms with Crippen molar-refractivity contribution in [3.63, 3.8) is 0 Å². The van der Waals surface area contributed by atoms with Crippen LogP contribution in [0, 0.1) is 17.3 Å². The van der Waals surface area contributed by atoms with Crippen molar-refractivity contribution in [2.24, 2.45) is 17.3 Å². The second-order valence-corrected chi connectivity index (χ2v) is 6.79. The fourth-order valence-electron chi connectivity index (χ4n) is 2.58. The summed E-state index contributed by atoms with van der Waals surface area (Å²) in [5, 5.41) is 11.7. The lowest BCUT2D eigenvalue weighted by molar-refractivity contribution is -0.142. The Kier molecular flexibility index (Phi) is 5.39. The van der Waals surface area contributed by atoms with Crippen molar-refractivity contribution in [1.82, 2.24) is 5.32 Å². The number of carboxylic acids is 1. The second-order valence-electron chi connectivity index (χ2n) is 6.79. The maximum atomic E-state index is 11.9. The fourth-order valence-corrected chi connectivity index (χ4v) is 2.58. The Morgan fingerprint density at radius 1 is 1.26 bits per heavy atom. The van der Waals surface area contributed by atoms with Gasteiger partial charge in [0.2, 0.25) is 5.91 Å². The molecule has 0 aromatic heterocycles. The molecule has 4 heteroatoms. The average Bonchev–Trinajstić information content (AvgIpc) is 2.30. The molecule has 0 spiro atoms. The number of carbonyl (C=O) groups excluding carboxylic acids is 1. The minimum absolute atomic E-state index is 0.00898. The Balaban J connectivity index is 2.34. The summed E-state index contributed by atoms with van der Waals surface area (Å²) < 4.78 is 0. The molecule has 0 heterocycles. The van der Waals surface area contributed by atoms with Gasteiger partial charge >= 0.3 is 5.97 Å². The van der Waals surface area contributed by atoms with E-state index in [-0.39, 0.29) is 11.9 Å². The molecule has 1 rings (SSSR count). The maximum absolute atomic E-state index is 11.9. The van der Waals surface area contributed by atoms with Crippen LogP contribution in [0.15, 0.2) is 0 Å². The molecule has 0 saturated heterocycles. The molecule has 19 heavy (non-hydrogen) atoms. The molecule has 4 nitrogen and oxygen atoms in total. The van der Waals surface area contributed by atoms with Crippen LogP contribution in [0.2, 0.25) is 0 Å². The van der Waals surface area contributed by atoms with Gasteiger partial charge in [-0.3, -0.25) is 9.59 Å². The van der Waals surface area contributed by atoms with Gasteiger partial charge in [0, 0.05) is 12.5 Å². The summed E-state index contributed by atoms with van der Waals surface area (Å²) in [5.41, 5.74) is 0.415. The third-order valence-corrected chi connectivity index (χ3v) is 4.46. The number of rotatable bonds is 5. The van der Waals surface area contributed by atoms with Crippen molar-refractivity contribution >= 4 is 11.9 Å². The summed E-state index contributed by atoms with van der Waals surface area (Å²) >= 11 is 0. The first kappa shape index (κ1) is 16.0. The Morgan fingerprint density at radius 2 is 1.79 bits per heavy atom. The molecule has 0 bridgehead atoms. The van der Waals surface area contributed by atoms with E-state index in [9.17, 15) is 9.59 Å². The Labute approximate surface area is 116 Å². The molecule has 1 fully saturated rings. The van der Waals surface area contributed by atoms with Gasteiger partial charge in [-0.1, -0.05) is 13.8 Å². The highest BCUT2D eigenvalue weighted by Crippen LogP contribution is 2.39. The lowest BCUT2D eigenvalue weighted by Gasteiger charge is -2.34. The topological polar surface area (TPSA) is 66.4 Å².